The van der Waals surface area contributed by atoms with Gasteiger partial charge in [0.1, 0.15) is 0 Å². The van der Waals surface area contributed by atoms with Crippen molar-refractivity contribution in [3.63, 3.8) is 0 Å². The summed E-state index contributed by atoms with van der Waals surface area (Å²) in [6.07, 6.45) is 17.8. The number of esters is 1. The summed E-state index contributed by atoms with van der Waals surface area (Å²) in [7, 11) is 1.44. The predicted molar refractivity (Wildman–Crippen MR) is 90.6 cm³/mol. The van der Waals surface area contributed by atoms with Gasteiger partial charge in [-0.1, -0.05) is 49.4 Å². The first-order valence-corrected chi connectivity index (χ1v) is 8.54. The third-order valence-electron chi connectivity index (χ3n) is 3.59. The van der Waals surface area contributed by atoms with Gasteiger partial charge in [-0.2, -0.15) is 0 Å². The molecule has 0 fully saturated rings. The third kappa shape index (κ3) is 16.6. The molecule has 0 spiro atoms. The van der Waals surface area contributed by atoms with Crippen molar-refractivity contribution in [1.82, 2.24) is 0 Å². The van der Waals surface area contributed by atoms with Crippen molar-refractivity contribution in [2.45, 2.75) is 77.0 Å². The van der Waals surface area contributed by atoms with Gasteiger partial charge in [0.25, 0.3) is 0 Å². The van der Waals surface area contributed by atoms with E-state index in [2.05, 4.69) is 26.9 Å². The first kappa shape index (κ1) is 20.5. The Balaban J connectivity index is 3.13. The smallest absolute Gasteiger partial charge is 0.305 e. The molecule has 0 atom stereocenters. The Morgan fingerprint density at radius 1 is 0.955 bits per heavy atom. The Morgan fingerprint density at radius 2 is 1.50 bits per heavy atom. The van der Waals surface area contributed by atoms with Gasteiger partial charge in [-0.15, -0.1) is 0 Å². The number of unbranched alkanes of at least 4 members (excludes halogenated alkanes) is 9. The number of rotatable bonds is 15. The van der Waals surface area contributed by atoms with Crippen molar-refractivity contribution in [2.24, 2.45) is 5.11 Å². The van der Waals surface area contributed by atoms with Gasteiger partial charge >= 0.3 is 5.97 Å². The summed E-state index contributed by atoms with van der Waals surface area (Å²) >= 11 is 0. The summed E-state index contributed by atoms with van der Waals surface area (Å²) < 4.78 is 4.61. The second-order valence-corrected chi connectivity index (χ2v) is 5.51. The zero-order chi connectivity index (χ0) is 16.3. The van der Waals surface area contributed by atoms with Crippen LogP contribution < -0.4 is 0 Å². The quantitative estimate of drug-likeness (QED) is 0.0970. The van der Waals surface area contributed by atoms with Crippen LogP contribution in [0.3, 0.4) is 0 Å². The highest BCUT2D eigenvalue weighted by molar-refractivity contribution is 5.68. The summed E-state index contributed by atoms with van der Waals surface area (Å²) in [6, 6.07) is 0. The number of carbonyl (C=O) groups is 1. The minimum Gasteiger partial charge on any atom is -0.469 e. The molecule has 0 rings (SSSR count). The van der Waals surface area contributed by atoms with Gasteiger partial charge in [-0.25, -0.2) is 0 Å². The molecule has 0 amide bonds. The number of allylic oxidation sites excluding steroid dienone is 2. The van der Waals surface area contributed by atoms with Crippen LogP contribution in [0.2, 0.25) is 0 Å². The minimum atomic E-state index is -0.0930. The number of azide groups is 1. The molecular weight excluding hydrogens is 278 g/mol. The summed E-state index contributed by atoms with van der Waals surface area (Å²) in [5.41, 5.74) is 8.13. The molecular formula is C17H31N3O2. The maximum absolute atomic E-state index is 10.9. The first-order chi connectivity index (χ1) is 10.8. The van der Waals surface area contributed by atoms with Crippen LogP contribution in [0.15, 0.2) is 17.3 Å². The highest BCUT2D eigenvalue weighted by Crippen LogP contribution is 2.10. The average Bonchev–Trinajstić information content (AvgIpc) is 2.54. The van der Waals surface area contributed by atoms with Gasteiger partial charge in [0.2, 0.25) is 0 Å². The van der Waals surface area contributed by atoms with Crippen molar-refractivity contribution < 1.29 is 9.53 Å². The number of methoxy groups -OCH3 is 1. The van der Waals surface area contributed by atoms with Crippen molar-refractivity contribution in [3.8, 4) is 0 Å². The zero-order valence-electron chi connectivity index (χ0n) is 14.0. The van der Waals surface area contributed by atoms with Gasteiger partial charge in [-0.05, 0) is 44.1 Å². The van der Waals surface area contributed by atoms with Crippen LogP contribution in [0.4, 0.5) is 0 Å². The van der Waals surface area contributed by atoms with E-state index in [0.717, 1.165) is 32.1 Å². The highest BCUT2D eigenvalue weighted by atomic mass is 16.5. The first-order valence-electron chi connectivity index (χ1n) is 8.54. The van der Waals surface area contributed by atoms with Crippen LogP contribution in [0.1, 0.15) is 77.0 Å². The van der Waals surface area contributed by atoms with E-state index < -0.39 is 0 Å². The molecule has 0 unspecified atom stereocenters. The van der Waals surface area contributed by atoms with Crippen LogP contribution in [0, 0.1) is 0 Å². The topological polar surface area (TPSA) is 75.1 Å². The average molecular weight is 309 g/mol. The number of nitrogens with zero attached hydrogens (tertiary/aromatic N) is 3. The van der Waals surface area contributed by atoms with Gasteiger partial charge < -0.3 is 4.74 Å². The lowest BCUT2D eigenvalue weighted by Gasteiger charge is -2.01. The molecule has 0 radical (unpaired) electrons. The standard InChI is InChI=1S/C17H31N3O2/c1-22-17(21)15-13-11-9-7-5-3-2-4-6-8-10-12-14-16-19-20-18/h6,8H,2-5,7,9-16H2,1H3/b8-6-. The largest absolute Gasteiger partial charge is 0.469 e. The van der Waals surface area contributed by atoms with Crippen molar-refractivity contribution in [2.75, 3.05) is 13.7 Å². The van der Waals surface area contributed by atoms with Crippen LogP contribution in [0.5, 0.6) is 0 Å². The zero-order valence-corrected chi connectivity index (χ0v) is 14.0. The lowest BCUT2D eigenvalue weighted by molar-refractivity contribution is -0.140. The molecule has 22 heavy (non-hydrogen) atoms. The summed E-state index contributed by atoms with van der Waals surface area (Å²) in [5, 5.41) is 3.51. The maximum atomic E-state index is 10.9. The highest BCUT2D eigenvalue weighted by Gasteiger charge is 1.98. The van der Waals surface area contributed by atoms with E-state index in [1.807, 2.05) is 0 Å². The molecule has 0 aromatic rings. The summed E-state index contributed by atoms with van der Waals surface area (Å²) in [5.74, 6) is -0.0930. The maximum Gasteiger partial charge on any atom is 0.305 e. The van der Waals surface area contributed by atoms with E-state index in [-0.39, 0.29) is 5.97 Å². The SMILES string of the molecule is COC(=O)CCCCCCCCC/C=C\CCCCN=[N+]=[N-]. The minimum absolute atomic E-state index is 0.0930. The Labute approximate surface area is 134 Å². The molecule has 0 bridgehead atoms. The number of hydrogen-bond acceptors (Lipinski definition) is 3. The molecule has 0 N–H and O–H groups in total. The van der Waals surface area contributed by atoms with Gasteiger partial charge in [0.15, 0.2) is 0 Å². The van der Waals surface area contributed by atoms with E-state index in [0.29, 0.717) is 13.0 Å². The molecule has 126 valence electrons. The van der Waals surface area contributed by atoms with Crippen LogP contribution in [-0.4, -0.2) is 19.6 Å². The third-order valence-corrected chi connectivity index (χ3v) is 3.59. The number of hydrogen-bond donors (Lipinski definition) is 0. The molecule has 0 aliphatic carbocycles. The molecule has 0 aromatic carbocycles. The second-order valence-electron chi connectivity index (χ2n) is 5.51. The van der Waals surface area contributed by atoms with Gasteiger partial charge in [0.05, 0.1) is 7.11 Å². The van der Waals surface area contributed by atoms with Crippen LogP contribution in [-0.2, 0) is 9.53 Å². The molecule has 0 saturated carbocycles. The van der Waals surface area contributed by atoms with E-state index in [1.165, 1.54) is 45.6 Å². The molecule has 5 heteroatoms. The number of carbonyl (C=O) groups excluding carboxylic acids is 1. The lowest BCUT2D eigenvalue weighted by atomic mass is 10.1. The molecule has 0 heterocycles. The lowest BCUT2D eigenvalue weighted by Crippen LogP contribution is -1.99. The molecule has 0 aromatic heterocycles. The van der Waals surface area contributed by atoms with Gasteiger partial charge in [-0.3, -0.25) is 4.79 Å². The Hall–Kier alpha value is -1.48. The van der Waals surface area contributed by atoms with E-state index in [1.54, 1.807) is 0 Å². The molecule has 5 nitrogen and oxygen atoms in total. The van der Waals surface area contributed by atoms with Gasteiger partial charge in [0, 0.05) is 17.9 Å². The molecule has 0 aliphatic rings. The van der Waals surface area contributed by atoms with Crippen molar-refractivity contribution >= 4 is 5.97 Å². The molecule has 0 aliphatic heterocycles. The number of ether oxygens (including phenoxy) is 1. The van der Waals surface area contributed by atoms with E-state index in [4.69, 9.17) is 5.53 Å². The van der Waals surface area contributed by atoms with Crippen LogP contribution >= 0.6 is 0 Å². The molecule has 0 saturated heterocycles. The summed E-state index contributed by atoms with van der Waals surface area (Å²) in [4.78, 5) is 13.6. The summed E-state index contributed by atoms with van der Waals surface area (Å²) in [6.45, 7) is 0.615. The van der Waals surface area contributed by atoms with Crippen molar-refractivity contribution in [3.05, 3.63) is 22.6 Å². The monoisotopic (exact) mass is 309 g/mol. The normalized spacial score (nSPS) is 10.6. The Bertz CT molecular complexity index is 337. The second kappa shape index (κ2) is 17.6. The van der Waals surface area contributed by atoms with E-state index >= 15 is 0 Å². The Morgan fingerprint density at radius 3 is 2.09 bits per heavy atom. The predicted octanol–water partition coefficient (Wildman–Crippen LogP) is 5.71. The van der Waals surface area contributed by atoms with Crippen LogP contribution in [0.25, 0.3) is 10.4 Å². The Kier molecular flexibility index (Phi) is 16.4. The fourth-order valence-corrected chi connectivity index (χ4v) is 2.24. The fraction of sp³-hybridized carbons (Fsp3) is 0.824. The fourth-order valence-electron chi connectivity index (χ4n) is 2.24. The van der Waals surface area contributed by atoms with Crippen molar-refractivity contribution in [1.29, 1.82) is 0 Å². The van der Waals surface area contributed by atoms with E-state index in [9.17, 15) is 4.79 Å².